The van der Waals surface area contributed by atoms with Crippen LogP contribution in [0.4, 0.5) is 17.1 Å². The van der Waals surface area contributed by atoms with Gasteiger partial charge >= 0.3 is 0 Å². The van der Waals surface area contributed by atoms with Crippen molar-refractivity contribution in [1.82, 2.24) is 0 Å². The Morgan fingerprint density at radius 3 is 1.60 bits per heavy atom. The molecule has 0 amide bonds. The van der Waals surface area contributed by atoms with Crippen molar-refractivity contribution in [2.45, 2.75) is 31.1 Å². The summed E-state index contributed by atoms with van der Waals surface area (Å²) in [5.41, 5.74) is 21.6. The first-order valence-corrected chi connectivity index (χ1v) is 20.8. The second kappa shape index (κ2) is 13.0. The SMILES string of the molecule is c1ccc(N(c2ccc3ccccc3c2)c2cc3c(cc2-c2ccc(-c4ccc5c(c4)CCCC5)cc2)-c2ccccc2C32c3ccccc3-c3ccccc32)cc1. The highest BCUT2D eigenvalue weighted by Gasteiger charge is 2.52. The van der Waals surface area contributed by atoms with Crippen LogP contribution in [0.1, 0.15) is 46.2 Å². The van der Waals surface area contributed by atoms with Crippen molar-refractivity contribution >= 4 is 27.8 Å². The maximum atomic E-state index is 2.54. The van der Waals surface area contributed by atoms with Gasteiger partial charge in [0.05, 0.1) is 11.1 Å². The Morgan fingerprint density at radius 2 is 0.897 bits per heavy atom. The number of rotatable bonds is 5. The maximum Gasteiger partial charge on any atom is 0.0726 e. The van der Waals surface area contributed by atoms with Gasteiger partial charge in [0.1, 0.15) is 0 Å². The van der Waals surface area contributed by atoms with Gasteiger partial charge in [0.25, 0.3) is 0 Å². The molecule has 0 aromatic heterocycles. The van der Waals surface area contributed by atoms with E-state index in [-0.39, 0.29) is 0 Å². The Morgan fingerprint density at radius 1 is 0.328 bits per heavy atom. The summed E-state index contributed by atoms with van der Waals surface area (Å²) in [6.07, 6.45) is 4.97. The average Bonchev–Trinajstić information content (AvgIpc) is 3.76. The predicted octanol–water partition coefficient (Wildman–Crippen LogP) is 14.9. The monoisotopic (exact) mass is 739 g/mol. The summed E-state index contributed by atoms with van der Waals surface area (Å²) in [6.45, 7) is 0. The highest BCUT2D eigenvalue weighted by Crippen LogP contribution is 2.64. The third-order valence-electron chi connectivity index (χ3n) is 13.2. The summed E-state index contributed by atoms with van der Waals surface area (Å²) in [5, 5.41) is 2.46. The molecule has 0 aliphatic heterocycles. The first-order valence-electron chi connectivity index (χ1n) is 20.8. The zero-order chi connectivity index (χ0) is 38.2. The number of anilines is 3. The van der Waals surface area contributed by atoms with Crippen molar-refractivity contribution in [3.63, 3.8) is 0 Å². The van der Waals surface area contributed by atoms with Gasteiger partial charge in [0.2, 0.25) is 0 Å². The molecule has 58 heavy (non-hydrogen) atoms. The Hall–Kier alpha value is -6.96. The second-order valence-corrected chi connectivity index (χ2v) is 16.3. The van der Waals surface area contributed by atoms with E-state index in [0.29, 0.717) is 0 Å². The Bertz CT molecular complexity index is 3020. The van der Waals surface area contributed by atoms with Crippen molar-refractivity contribution < 1.29 is 0 Å². The lowest BCUT2D eigenvalue weighted by molar-refractivity contribution is 0.686. The smallest absolute Gasteiger partial charge is 0.0726 e. The highest BCUT2D eigenvalue weighted by atomic mass is 15.1. The number of nitrogens with zero attached hydrogens (tertiary/aromatic N) is 1. The van der Waals surface area contributed by atoms with Crippen LogP contribution in [0.25, 0.3) is 55.3 Å². The van der Waals surface area contributed by atoms with Crippen LogP contribution in [0, 0.1) is 0 Å². The fourth-order valence-corrected chi connectivity index (χ4v) is 10.6. The van der Waals surface area contributed by atoms with Gasteiger partial charge in [0.15, 0.2) is 0 Å². The van der Waals surface area contributed by atoms with Crippen molar-refractivity contribution in [1.29, 1.82) is 0 Å². The molecular formula is C57H41N. The molecule has 3 aliphatic rings. The van der Waals surface area contributed by atoms with E-state index in [1.807, 2.05) is 0 Å². The largest absolute Gasteiger partial charge is 0.310 e. The molecule has 9 aromatic rings. The van der Waals surface area contributed by atoms with Gasteiger partial charge in [-0.3, -0.25) is 0 Å². The molecule has 274 valence electrons. The summed E-state index contributed by atoms with van der Waals surface area (Å²) in [4.78, 5) is 2.49. The minimum absolute atomic E-state index is 0.450. The van der Waals surface area contributed by atoms with Crippen molar-refractivity contribution in [2.24, 2.45) is 0 Å². The molecule has 0 fully saturated rings. The normalized spacial score (nSPS) is 14.1. The van der Waals surface area contributed by atoms with Crippen LogP contribution in [-0.4, -0.2) is 0 Å². The average molecular weight is 740 g/mol. The van der Waals surface area contributed by atoms with Crippen LogP contribution < -0.4 is 4.90 Å². The summed E-state index contributed by atoms with van der Waals surface area (Å²) in [6, 6.07) is 75.4. The number of aryl methyl sites for hydroxylation is 2. The van der Waals surface area contributed by atoms with Gasteiger partial charge in [-0.15, -0.1) is 0 Å². The molecule has 1 heteroatoms. The molecule has 1 spiro atoms. The topological polar surface area (TPSA) is 3.24 Å². The van der Waals surface area contributed by atoms with E-state index in [0.717, 1.165) is 17.1 Å². The van der Waals surface area contributed by atoms with Crippen LogP contribution in [-0.2, 0) is 18.3 Å². The van der Waals surface area contributed by atoms with Crippen LogP contribution >= 0.6 is 0 Å². The number of fused-ring (bicyclic) bond motifs is 12. The minimum Gasteiger partial charge on any atom is -0.310 e. The van der Waals surface area contributed by atoms with Crippen molar-refractivity contribution in [3.8, 4) is 44.5 Å². The first-order chi connectivity index (χ1) is 28.8. The molecule has 3 aliphatic carbocycles. The molecule has 0 atom stereocenters. The molecule has 1 nitrogen and oxygen atoms in total. The van der Waals surface area contributed by atoms with Crippen LogP contribution in [0.2, 0.25) is 0 Å². The lowest BCUT2D eigenvalue weighted by Crippen LogP contribution is -2.26. The third-order valence-corrected chi connectivity index (χ3v) is 13.2. The molecule has 0 radical (unpaired) electrons. The fraction of sp³-hybridized carbons (Fsp3) is 0.0877. The zero-order valence-corrected chi connectivity index (χ0v) is 32.3. The van der Waals surface area contributed by atoms with E-state index in [1.165, 1.54) is 114 Å². The first kappa shape index (κ1) is 33.2. The van der Waals surface area contributed by atoms with Gasteiger partial charge < -0.3 is 4.90 Å². The molecule has 0 heterocycles. The highest BCUT2D eigenvalue weighted by molar-refractivity contribution is 6.01. The van der Waals surface area contributed by atoms with Gasteiger partial charge in [0, 0.05) is 16.9 Å². The van der Waals surface area contributed by atoms with Gasteiger partial charge in [-0.25, -0.2) is 0 Å². The van der Waals surface area contributed by atoms with Gasteiger partial charge in [-0.05, 0) is 145 Å². The number of hydrogen-bond donors (Lipinski definition) is 0. The van der Waals surface area contributed by atoms with Gasteiger partial charge in [-0.2, -0.15) is 0 Å². The lowest BCUT2D eigenvalue weighted by atomic mass is 9.70. The standard InChI is InChI=1S/C57H41N/c1-2-18-45(19-3-1)58(46-33-32-39-15-5-7-17-43(39)35-46)56-37-55-51(36-50(56)41-29-26-40(27-30-41)44-31-28-38-14-4-6-16-42(38)34-44)49-22-10-13-25-54(49)57(55)52-23-11-8-20-47(52)48-21-9-12-24-53(48)57/h1-3,5,7-13,15,17-37H,4,6,14,16H2. The number of hydrogen-bond acceptors (Lipinski definition) is 1. The molecule has 12 rings (SSSR count). The Kier molecular flexibility index (Phi) is 7.47. The summed E-state index contributed by atoms with van der Waals surface area (Å²) < 4.78 is 0. The molecule has 9 aromatic carbocycles. The molecule has 0 saturated carbocycles. The number of benzene rings is 9. The molecular weight excluding hydrogens is 699 g/mol. The maximum absolute atomic E-state index is 2.54. The Balaban J connectivity index is 1.14. The van der Waals surface area contributed by atoms with E-state index in [2.05, 4.69) is 205 Å². The molecule has 0 unspecified atom stereocenters. The predicted molar refractivity (Wildman–Crippen MR) is 242 cm³/mol. The van der Waals surface area contributed by atoms with Crippen molar-refractivity contribution in [2.75, 3.05) is 4.90 Å². The van der Waals surface area contributed by atoms with Gasteiger partial charge in [-0.1, -0.05) is 164 Å². The third kappa shape index (κ3) is 4.90. The van der Waals surface area contributed by atoms with E-state index in [1.54, 1.807) is 0 Å². The second-order valence-electron chi connectivity index (χ2n) is 16.3. The van der Waals surface area contributed by atoms with Crippen molar-refractivity contribution in [3.05, 3.63) is 234 Å². The lowest BCUT2D eigenvalue weighted by Gasteiger charge is -2.33. The van der Waals surface area contributed by atoms with Crippen LogP contribution in [0.5, 0.6) is 0 Å². The minimum atomic E-state index is -0.450. The van der Waals surface area contributed by atoms with Crippen LogP contribution in [0.15, 0.2) is 200 Å². The van der Waals surface area contributed by atoms with E-state index in [9.17, 15) is 0 Å². The summed E-state index contributed by atoms with van der Waals surface area (Å²) in [5.74, 6) is 0. The molecule has 0 N–H and O–H groups in total. The zero-order valence-electron chi connectivity index (χ0n) is 32.3. The van der Waals surface area contributed by atoms with Crippen LogP contribution in [0.3, 0.4) is 0 Å². The molecule has 0 bridgehead atoms. The van der Waals surface area contributed by atoms with E-state index >= 15 is 0 Å². The quantitative estimate of drug-likeness (QED) is 0.170. The molecule has 0 saturated heterocycles. The summed E-state index contributed by atoms with van der Waals surface area (Å²) in [7, 11) is 0. The van der Waals surface area contributed by atoms with E-state index in [4.69, 9.17) is 0 Å². The van der Waals surface area contributed by atoms with E-state index < -0.39 is 5.41 Å². The summed E-state index contributed by atoms with van der Waals surface area (Å²) >= 11 is 0. The fourth-order valence-electron chi connectivity index (χ4n) is 10.6. The Labute approximate surface area is 340 Å². The number of para-hydroxylation sites is 1.